The minimum Gasteiger partial charge on any atom is -0.459 e. The highest BCUT2D eigenvalue weighted by Crippen LogP contribution is 2.29. The zero-order valence-corrected chi connectivity index (χ0v) is 15.5. The molecule has 29 heavy (non-hydrogen) atoms. The van der Waals surface area contributed by atoms with Crippen molar-refractivity contribution in [1.82, 2.24) is 10.3 Å². The maximum Gasteiger partial charge on any atom is 0.416 e. The molecule has 152 valence electrons. The third-order valence-corrected chi connectivity index (χ3v) is 4.40. The molecule has 1 amide bonds. The first-order valence-electron chi connectivity index (χ1n) is 8.89. The molecule has 0 saturated carbocycles. The topological polar surface area (TPSA) is 71.2 Å². The molecule has 0 saturated heterocycles. The minimum absolute atomic E-state index is 0.186. The van der Waals surface area contributed by atoms with Gasteiger partial charge in [-0.15, -0.1) is 0 Å². The summed E-state index contributed by atoms with van der Waals surface area (Å²) in [5, 5.41) is 3.46. The van der Waals surface area contributed by atoms with Crippen LogP contribution in [0.1, 0.15) is 23.6 Å². The van der Waals surface area contributed by atoms with Crippen LogP contribution in [0.4, 0.5) is 13.2 Å². The SMILES string of the molecule is CC(=O)N[C@@H](Cc1c[nH]c2ccccc12)C(=O)OCc1cccc(C(F)(F)F)c1. The number of carbonyl (C=O) groups excluding carboxylic acids is 2. The Kier molecular flexibility index (Phi) is 5.91. The van der Waals surface area contributed by atoms with E-state index in [4.69, 9.17) is 4.74 Å². The van der Waals surface area contributed by atoms with Crippen molar-refractivity contribution in [3.05, 3.63) is 71.4 Å². The number of alkyl halides is 3. The lowest BCUT2D eigenvalue weighted by Crippen LogP contribution is -2.42. The van der Waals surface area contributed by atoms with Crippen molar-refractivity contribution in [3.8, 4) is 0 Å². The molecule has 1 atom stereocenters. The second kappa shape index (κ2) is 8.38. The second-order valence-electron chi connectivity index (χ2n) is 6.62. The van der Waals surface area contributed by atoms with Gasteiger partial charge >= 0.3 is 12.1 Å². The fourth-order valence-corrected chi connectivity index (χ4v) is 3.05. The fourth-order valence-electron chi connectivity index (χ4n) is 3.05. The number of aromatic nitrogens is 1. The number of benzene rings is 2. The molecule has 8 heteroatoms. The highest BCUT2D eigenvalue weighted by Gasteiger charge is 2.30. The summed E-state index contributed by atoms with van der Waals surface area (Å²) in [5.74, 6) is -1.13. The maximum atomic E-state index is 12.8. The van der Waals surface area contributed by atoms with E-state index in [1.165, 1.54) is 19.1 Å². The maximum absolute atomic E-state index is 12.8. The summed E-state index contributed by atoms with van der Waals surface area (Å²) in [6, 6.07) is 11.1. The number of fused-ring (bicyclic) bond motifs is 1. The molecule has 0 fully saturated rings. The normalized spacial score (nSPS) is 12.6. The van der Waals surface area contributed by atoms with Crippen LogP contribution in [0.3, 0.4) is 0 Å². The number of rotatable bonds is 6. The molecule has 0 bridgehead atoms. The molecule has 0 aliphatic carbocycles. The van der Waals surface area contributed by atoms with Gasteiger partial charge in [0.25, 0.3) is 0 Å². The largest absolute Gasteiger partial charge is 0.459 e. The van der Waals surface area contributed by atoms with Gasteiger partial charge in [-0.2, -0.15) is 13.2 Å². The number of aromatic amines is 1. The molecular formula is C21H19F3N2O3. The molecule has 5 nitrogen and oxygen atoms in total. The van der Waals surface area contributed by atoms with Gasteiger partial charge in [0.15, 0.2) is 0 Å². The molecule has 0 unspecified atom stereocenters. The van der Waals surface area contributed by atoms with Crippen molar-refractivity contribution in [2.75, 3.05) is 0 Å². The molecule has 1 heterocycles. The quantitative estimate of drug-likeness (QED) is 0.611. The average molecular weight is 404 g/mol. The zero-order chi connectivity index (χ0) is 21.0. The lowest BCUT2D eigenvalue weighted by Gasteiger charge is -2.17. The third kappa shape index (κ3) is 5.16. The molecule has 0 radical (unpaired) electrons. The van der Waals surface area contributed by atoms with E-state index < -0.39 is 29.7 Å². The molecule has 2 N–H and O–H groups in total. The van der Waals surface area contributed by atoms with Crippen LogP contribution >= 0.6 is 0 Å². The van der Waals surface area contributed by atoms with Crippen LogP contribution in [-0.4, -0.2) is 22.9 Å². The van der Waals surface area contributed by atoms with Crippen molar-refractivity contribution >= 4 is 22.8 Å². The smallest absolute Gasteiger partial charge is 0.416 e. The number of hydrogen-bond donors (Lipinski definition) is 2. The van der Waals surface area contributed by atoms with Crippen LogP contribution in [0.2, 0.25) is 0 Å². The Labute approximate surface area is 164 Å². The van der Waals surface area contributed by atoms with E-state index in [9.17, 15) is 22.8 Å². The summed E-state index contributed by atoms with van der Waals surface area (Å²) in [7, 11) is 0. The number of nitrogens with one attached hydrogen (secondary N) is 2. The Bertz CT molecular complexity index is 1030. The number of halogens is 3. The molecule has 0 aliphatic rings. The van der Waals surface area contributed by atoms with Gasteiger partial charge < -0.3 is 15.0 Å². The van der Waals surface area contributed by atoms with Crippen molar-refractivity contribution in [3.63, 3.8) is 0 Å². The van der Waals surface area contributed by atoms with Crippen LogP contribution in [-0.2, 0) is 33.5 Å². The van der Waals surface area contributed by atoms with Crippen molar-refractivity contribution in [1.29, 1.82) is 0 Å². The Morgan fingerprint density at radius 3 is 2.62 bits per heavy atom. The van der Waals surface area contributed by atoms with Crippen LogP contribution in [0.5, 0.6) is 0 Å². The van der Waals surface area contributed by atoms with Crippen LogP contribution < -0.4 is 5.32 Å². The lowest BCUT2D eigenvalue weighted by molar-refractivity contribution is -0.149. The molecule has 0 aliphatic heterocycles. The molecular weight excluding hydrogens is 385 g/mol. The lowest BCUT2D eigenvalue weighted by atomic mass is 10.0. The van der Waals surface area contributed by atoms with E-state index in [1.54, 1.807) is 6.20 Å². The summed E-state index contributed by atoms with van der Waals surface area (Å²) in [5.41, 5.74) is 1.10. The third-order valence-electron chi connectivity index (χ3n) is 4.40. The van der Waals surface area contributed by atoms with E-state index in [0.29, 0.717) is 0 Å². The summed E-state index contributed by atoms with van der Waals surface area (Å²) in [6.07, 6.45) is -2.54. The fraction of sp³-hybridized carbons (Fsp3) is 0.238. The highest BCUT2D eigenvalue weighted by molar-refractivity contribution is 5.86. The van der Waals surface area contributed by atoms with Crippen molar-refractivity contribution in [2.45, 2.75) is 32.2 Å². The number of ether oxygens (including phenoxy) is 1. The number of H-pyrrole nitrogens is 1. The van der Waals surface area contributed by atoms with E-state index in [-0.39, 0.29) is 18.6 Å². The van der Waals surface area contributed by atoms with Gasteiger partial charge in [-0.25, -0.2) is 4.79 Å². The van der Waals surface area contributed by atoms with E-state index in [1.807, 2.05) is 24.3 Å². The Morgan fingerprint density at radius 1 is 1.14 bits per heavy atom. The van der Waals surface area contributed by atoms with E-state index in [2.05, 4.69) is 10.3 Å². The molecule has 0 spiro atoms. The van der Waals surface area contributed by atoms with Gasteiger partial charge in [0.1, 0.15) is 12.6 Å². The molecule has 2 aromatic carbocycles. The predicted molar refractivity (Wildman–Crippen MR) is 101 cm³/mol. The number of carbonyl (C=O) groups is 2. The van der Waals surface area contributed by atoms with Gasteiger partial charge in [0.2, 0.25) is 5.91 Å². The number of esters is 1. The summed E-state index contributed by atoms with van der Waals surface area (Å²) in [6.45, 7) is 0.953. The molecule has 1 aromatic heterocycles. The van der Waals surface area contributed by atoms with Gasteiger partial charge in [0.05, 0.1) is 5.56 Å². The first kappa shape index (κ1) is 20.4. The standard InChI is InChI=1S/C21H19F3N2O3/c1-13(27)26-19(10-15-11-25-18-8-3-2-7-17(15)18)20(28)29-12-14-5-4-6-16(9-14)21(22,23)24/h2-9,11,19,25H,10,12H2,1H3,(H,26,27)/t19-/m0/s1. The Hall–Kier alpha value is -3.29. The Morgan fingerprint density at radius 2 is 1.90 bits per heavy atom. The summed E-state index contributed by atoms with van der Waals surface area (Å²) >= 11 is 0. The van der Waals surface area contributed by atoms with Gasteiger partial charge in [-0.05, 0) is 29.3 Å². The number of para-hydroxylation sites is 1. The highest BCUT2D eigenvalue weighted by atomic mass is 19.4. The molecule has 3 rings (SSSR count). The summed E-state index contributed by atoms with van der Waals surface area (Å²) in [4.78, 5) is 27.1. The second-order valence-corrected chi connectivity index (χ2v) is 6.62. The van der Waals surface area contributed by atoms with Crippen molar-refractivity contribution in [2.24, 2.45) is 0 Å². The van der Waals surface area contributed by atoms with Crippen molar-refractivity contribution < 1.29 is 27.5 Å². The van der Waals surface area contributed by atoms with E-state index >= 15 is 0 Å². The van der Waals surface area contributed by atoms with Gasteiger partial charge in [-0.3, -0.25) is 4.79 Å². The van der Waals surface area contributed by atoms with Gasteiger partial charge in [-0.1, -0.05) is 30.3 Å². The monoisotopic (exact) mass is 404 g/mol. The number of amides is 1. The van der Waals surface area contributed by atoms with Gasteiger partial charge in [0, 0.05) is 30.4 Å². The van der Waals surface area contributed by atoms with Crippen LogP contribution in [0.25, 0.3) is 10.9 Å². The average Bonchev–Trinajstić information content (AvgIpc) is 3.08. The number of hydrogen-bond acceptors (Lipinski definition) is 3. The summed E-state index contributed by atoms with van der Waals surface area (Å²) < 4.78 is 43.6. The first-order chi connectivity index (χ1) is 13.7. The van der Waals surface area contributed by atoms with E-state index in [0.717, 1.165) is 28.6 Å². The predicted octanol–water partition coefficient (Wildman–Crippen LogP) is 3.98. The zero-order valence-electron chi connectivity index (χ0n) is 15.5. The Balaban J connectivity index is 1.72. The minimum atomic E-state index is -4.48. The first-order valence-corrected chi connectivity index (χ1v) is 8.89. The molecule has 3 aromatic rings. The van der Waals surface area contributed by atoms with Crippen LogP contribution in [0, 0.1) is 0 Å². The van der Waals surface area contributed by atoms with Crippen LogP contribution in [0.15, 0.2) is 54.7 Å².